The summed E-state index contributed by atoms with van der Waals surface area (Å²) in [5.74, 6) is 1.04. The van der Waals surface area contributed by atoms with Gasteiger partial charge < -0.3 is 19.7 Å². The summed E-state index contributed by atoms with van der Waals surface area (Å²) in [7, 11) is 0. The summed E-state index contributed by atoms with van der Waals surface area (Å²) in [5, 5.41) is 12.7. The minimum Gasteiger partial charge on any atom is -0.454 e. The Kier molecular flexibility index (Phi) is 6.52. The quantitative estimate of drug-likeness (QED) is 0.540. The fraction of sp³-hybridized carbons (Fsp3) is 0.273. The van der Waals surface area contributed by atoms with E-state index < -0.39 is 5.91 Å². The molecule has 2 heterocycles. The van der Waals surface area contributed by atoms with Crippen LogP contribution in [0, 0.1) is 11.3 Å². The summed E-state index contributed by atoms with van der Waals surface area (Å²) >= 11 is 12.1. The van der Waals surface area contributed by atoms with Gasteiger partial charge in [-0.05, 0) is 29.8 Å². The Bertz CT molecular complexity index is 1060. The predicted octanol–water partition coefficient (Wildman–Crippen LogP) is 3.89. The highest BCUT2D eigenvalue weighted by atomic mass is 35.5. The molecule has 7 nitrogen and oxygen atoms in total. The number of ether oxygens (including phenoxy) is 2. The van der Waals surface area contributed by atoms with Crippen LogP contribution in [0.3, 0.4) is 0 Å². The van der Waals surface area contributed by atoms with Crippen molar-refractivity contribution < 1.29 is 14.3 Å². The molecule has 2 aromatic rings. The number of nitriles is 1. The number of carbonyl (C=O) groups is 1. The monoisotopic (exact) mass is 458 g/mol. The van der Waals surface area contributed by atoms with Crippen molar-refractivity contribution in [2.75, 3.05) is 38.3 Å². The molecular formula is C22H20Cl2N4O3. The Balaban J connectivity index is 1.33. The zero-order valence-electron chi connectivity index (χ0n) is 16.6. The van der Waals surface area contributed by atoms with Gasteiger partial charge in [-0.3, -0.25) is 9.69 Å². The third-order valence-electron chi connectivity index (χ3n) is 5.13. The largest absolute Gasteiger partial charge is 0.454 e. The summed E-state index contributed by atoms with van der Waals surface area (Å²) in [6.45, 7) is 4.10. The Labute approximate surface area is 190 Å². The van der Waals surface area contributed by atoms with Crippen molar-refractivity contribution in [2.24, 2.45) is 0 Å². The molecule has 0 unspecified atom stereocenters. The van der Waals surface area contributed by atoms with Gasteiger partial charge in [0, 0.05) is 38.9 Å². The summed E-state index contributed by atoms with van der Waals surface area (Å²) in [4.78, 5) is 16.8. The number of hydrogen-bond acceptors (Lipinski definition) is 6. The van der Waals surface area contributed by atoms with Crippen LogP contribution in [-0.2, 0) is 11.3 Å². The number of halogens is 2. The Morgan fingerprint density at radius 3 is 2.68 bits per heavy atom. The van der Waals surface area contributed by atoms with E-state index in [9.17, 15) is 10.1 Å². The molecule has 0 radical (unpaired) electrons. The van der Waals surface area contributed by atoms with Gasteiger partial charge in [-0.1, -0.05) is 35.3 Å². The summed E-state index contributed by atoms with van der Waals surface area (Å²) in [6, 6.07) is 12.9. The molecule has 9 heteroatoms. The second-order valence-corrected chi connectivity index (χ2v) is 7.99. The third-order valence-corrected chi connectivity index (χ3v) is 5.95. The molecule has 2 aliphatic rings. The average Bonchev–Trinajstić information content (AvgIpc) is 3.24. The zero-order chi connectivity index (χ0) is 21.8. The standard InChI is InChI=1S/C22H20Cl2N4O3/c23-17-2-1-3-18(21(17)24)26-22(29)16(11-25)13-28-8-6-27(7-9-28)12-15-4-5-19-20(10-15)31-14-30-19/h1-5,10,13H,6-9,12,14H2,(H,26,29)/b16-13-. The Morgan fingerprint density at radius 2 is 1.90 bits per heavy atom. The molecule has 1 fully saturated rings. The zero-order valence-corrected chi connectivity index (χ0v) is 18.1. The molecule has 2 aromatic carbocycles. The molecule has 1 amide bonds. The van der Waals surface area contributed by atoms with Crippen molar-refractivity contribution in [3.63, 3.8) is 0 Å². The van der Waals surface area contributed by atoms with E-state index in [2.05, 4.69) is 10.2 Å². The van der Waals surface area contributed by atoms with Crippen LogP contribution in [0.25, 0.3) is 0 Å². The highest BCUT2D eigenvalue weighted by Gasteiger charge is 2.20. The minimum absolute atomic E-state index is 0.0141. The van der Waals surface area contributed by atoms with Gasteiger partial charge in [0.05, 0.1) is 15.7 Å². The van der Waals surface area contributed by atoms with Crippen LogP contribution in [0.5, 0.6) is 11.5 Å². The fourth-order valence-corrected chi connectivity index (χ4v) is 3.81. The van der Waals surface area contributed by atoms with Crippen LogP contribution in [0.2, 0.25) is 10.0 Å². The van der Waals surface area contributed by atoms with Gasteiger partial charge in [0.1, 0.15) is 11.6 Å². The number of benzene rings is 2. The highest BCUT2D eigenvalue weighted by molar-refractivity contribution is 6.44. The summed E-state index contributed by atoms with van der Waals surface area (Å²) in [6.07, 6.45) is 1.60. The lowest BCUT2D eigenvalue weighted by atomic mass is 10.1. The van der Waals surface area contributed by atoms with Crippen molar-refractivity contribution in [1.82, 2.24) is 9.80 Å². The van der Waals surface area contributed by atoms with E-state index in [0.717, 1.165) is 36.7 Å². The lowest BCUT2D eigenvalue weighted by Gasteiger charge is -2.34. The van der Waals surface area contributed by atoms with Gasteiger partial charge in [-0.2, -0.15) is 5.26 Å². The predicted molar refractivity (Wildman–Crippen MR) is 118 cm³/mol. The first kappa shape index (κ1) is 21.3. The topological polar surface area (TPSA) is 77.8 Å². The van der Waals surface area contributed by atoms with Crippen molar-refractivity contribution in [1.29, 1.82) is 5.26 Å². The first-order valence-corrected chi connectivity index (χ1v) is 10.5. The molecule has 1 N–H and O–H groups in total. The molecule has 0 spiro atoms. The van der Waals surface area contributed by atoms with Gasteiger partial charge in [0.25, 0.3) is 5.91 Å². The van der Waals surface area contributed by atoms with Crippen LogP contribution < -0.4 is 14.8 Å². The molecule has 31 heavy (non-hydrogen) atoms. The van der Waals surface area contributed by atoms with E-state index in [1.165, 1.54) is 0 Å². The highest BCUT2D eigenvalue weighted by Crippen LogP contribution is 2.33. The number of carbonyl (C=O) groups excluding carboxylic acids is 1. The molecule has 4 rings (SSSR count). The molecule has 2 aliphatic heterocycles. The van der Waals surface area contributed by atoms with E-state index in [0.29, 0.717) is 23.8 Å². The van der Waals surface area contributed by atoms with E-state index in [4.69, 9.17) is 32.7 Å². The molecule has 1 saturated heterocycles. The summed E-state index contributed by atoms with van der Waals surface area (Å²) in [5.41, 5.74) is 1.54. The number of amides is 1. The molecule has 0 bridgehead atoms. The Morgan fingerprint density at radius 1 is 1.13 bits per heavy atom. The van der Waals surface area contributed by atoms with Gasteiger partial charge >= 0.3 is 0 Å². The first-order valence-electron chi connectivity index (χ1n) is 9.75. The normalized spacial score (nSPS) is 16.2. The van der Waals surface area contributed by atoms with Crippen molar-refractivity contribution in [3.05, 3.63) is 63.8 Å². The van der Waals surface area contributed by atoms with Crippen molar-refractivity contribution in [3.8, 4) is 17.6 Å². The summed E-state index contributed by atoms with van der Waals surface area (Å²) < 4.78 is 10.8. The maximum atomic E-state index is 12.5. The number of nitrogens with zero attached hydrogens (tertiary/aromatic N) is 3. The maximum Gasteiger partial charge on any atom is 0.267 e. The molecule has 0 atom stereocenters. The molecule has 0 saturated carbocycles. The second kappa shape index (κ2) is 9.48. The Hall–Kier alpha value is -2.92. The third kappa shape index (κ3) is 5.05. The van der Waals surface area contributed by atoms with E-state index in [1.54, 1.807) is 24.4 Å². The molecule has 160 valence electrons. The van der Waals surface area contributed by atoms with Gasteiger partial charge in [-0.25, -0.2) is 0 Å². The number of nitrogens with one attached hydrogen (secondary N) is 1. The van der Waals surface area contributed by atoms with Crippen molar-refractivity contribution in [2.45, 2.75) is 6.54 Å². The molecule has 0 aromatic heterocycles. The average molecular weight is 459 g/mol. The number of anilines is 1. The minimum atomic E-state index is -0.519. The van der Waals surface area contributed by atoms with Crippen molar-refractivity contribution >= 4 is 34.8 Å². The lowest BCUT2D eigenvalue weighted by molar-refractivity contribution is -0.112. The van der Waals surface area contributed by atoms with E-state index in [1.807, 2.05) is 29.2 Å². The second-order valence-electron chi connectivity index (χ2n) is 7.21. The molecular weight excluding hydrogens is 439 g/mol. The number of hydrogen-bond donors (Lipinski definition) is 1. The fourth-order valence-electron chi connectivity index (χ4n) is 3.46. The van der Waals surface area contributed by atoms with Crippen LogP contribution in [-0.4, -0.2) is 48.7 Å². The lowest BCUT2D eigenvalue weighted by Crippen LogP contribution is -2.43. The van der Waals surface area contributed by atoms with Crippen LogP contribution in [0.15, 0.2) is 48.2 Å². The smallest absolute Gasteiger partial charge is 0.267 e. The maximum absolute atomic E-state index is 12.5. The molecule has 0 aliphatic carbocycles. The van der Waals surface area contributed by atoms with Crippen LogP contribution in [0.4, 0.5) is 5.69 Å². The van der Waals surface area contributed by atoms with E-state index >= 15 is 0 Å². The SMILES string of the molecule is N#C/C(=C/N1CCN(Cc2ccc3c(c2)OCO3)CC1)C(=O)Nc1cccc(Cl)c1Cl. The number of fused-ring (bicyclic) bond motifs is 1. The first-order chi connectivity index (χ1) is 15.0. The van der Waals surface area contributed by atoms with Crippen LogP contribution >= 0.6 is 23.2 Å². The van der Waals surface area contributed by atoms with E-state index in [-0.39, 0.29) is 17.4 Å². The van der Waals surface area contributed by atoms with Crippen LogP contribution in [0.1, 0.15) is 5.56 Å². The van der Waals surface area contributed by atoms with Gasteiger partial charge in [0.15, 0.2) is 11.5 Å². The number of piperazine rings is 1. The van der Waals surface area contributed by atoms with Gasteiger partial charge in [-0.15, -0.1) is 0 Å². The number of rotatable bonds is 5. The van der Waals surface area contributed by atoms with Gasteiger partial charge in [0.2, 0.25) is 6.79 Å².